The molecule has 9 N–H and O–H groups in total. The molecule has 1 aliphatic heterocycles. The first kappa shape index (κ1) is 26.7. The van der Waals surface area contributed by atoms with E-state index in [0.717, 1.165) is 16.5 Å². The van der Waals surface area contributed by atoms with Gasteiger partial charge in [0.25, 0.3) is 0 Å². The summed E-state index contributed by atoms with van der Waals surface area (Å²) in [6.45, 7) is -0.151. The van der Waals surface area contributed by atoms with Crippen LogP contribution in [-0.4, -0.2) is 81.3 Å². The number of aliphatic hydroxyl groups excluding tert-OH is 3. The largest absolute Gasteiger partial charge is 0.459 e. The molecular formula is C26H32N4O7. The first-order chi connectivity index (χ1) is 17.8. The van der Waals surface area contributed by atoms with Crippen molar-refractivity contribution in [1.82, 2.24) is 10.3 Å². The summed E-state index contributed by atoms with van der Waals surface area (Å²) in [4.78, 5) is 29.4. The number of para-hydroxylation sites is 1. The first-order valence-electron chi connectivity index (χ1n) is 12.0. The maximum Gasteiger partial charge on any atom is 0.329 e. The Bertz CT molecular complexity index is 1170. The smallest absolute Gasteiger partial charge is 0.329 e. The monoisotopic (exact) mass is 512 g/mol. The van der Waals surface area contributed by atoms with E-state index in [1.165, 1.54) is 0 Å². The van der Waals surface area contributed by atoms with Gasteiger partial charge in [-0.2, -0.15) is 0 Å². The molecule has 3 unspecified atom stereocenters. The Kier molecular flexibility index (Phi) is 8.54. The van der Waals surface area contributed by atoms with Gasteiger partial charge < -0.3 is 46.6 Å². The lowest BCUT2D eigenvalue weighted by atomic mass is 9.91. The lowest BCUT2D eigenvalue weighted by Gasteiger charge is -2.42. The van der Waals surface area contributed by atoms with Gasteiger partial charge in [0.15, 0.2) is 0 Å². The summed E-state index contributed by atoms with van der Waals surface area (Å²) >= 11 is 0. The molecule has 198 valence electrons. The molecule has 2 heterocycles. The molecule has 3 aromatic rings. The second kappa shape index (κ2) is 11.8. The first-order valence-corrected chi connectivity index (χ1v) is 12.0. The molecule has 7 atom stereocenters. The van der Waals surface area contributed by atoms with Crippen molar-refractivity contribution in [3.63, 3.8) is 0 Å². The fraction of sp³-hybridized carbons (Fsp3) is 0.385. The van der Waals surface area contributed by atoms with Crippen LogP contribution in [0.1, 0.15) is 11.3 Å². The second-order valence-corrected chi connectivity index (χ2v) is 9.11. The van der Waals surface area contributed by atoms with Crippen LogP contribution in [0.3, 0.4) is 0 Å². The van der Waals surface area contributed by atoms with Crippen molar-refractivity contribution < 1.29 is 34.4 Å². The highest BCUT2D eigenvalue weighted by Crippen LogP contribution is 2.23. The number of nitrogens with one attached hydrogen (secondary N) is 2. The molecule has 1 aliphatic rings. The number of hydrogen-bond donors (Lipinski definition) is 7. The van der Waals surface area contributed by atoms with Crippen LogP contribution in [0.2, 0.25) is 0 Å². The average molecular weight is 513 g/mol. The summed E-state index contributed by atoms with van der Waals surface area (Å²) in [5.41, 5.74) is 14.0. The van der Waals surface area contributed by atoms with Gasteiger partial charge in [-0.15, -0.1) is 0 Å². The predicted octanol–water partition coefficient (Wildman–Crippen LogP) is -0.925. The Balaban J connectivity index is 1.50. The molecule has 1 fully saturated rings. The number of aliphatic hydroxyl groups is 3. The van der Waals surface area contributed by atoms with Gasteiger partial charge in [-0.3, -0.25) is 4.79 Å². The second-order valence-electron chi connectivity index (χ2n) is 9.11. The number of esters is 1. The normalized spacial score (nSPS) is 25.4. The van der Waals surface area contributed by atoms with Gasteiger partial charge in [0.1, 0.15) is 43.1 Å². The van der Waals surface area contributed by atoms with E-state index >= 15 is 0 Å². The number of fused-ring (bicyclic) bond motifs is 1. The standard InChI is InChI=1S/C26H32N4O7/c27-12-19-21(31)22(32)23(33)24(37-19)20(28)25(34)30-18(26(35)36-13-14-6-2-1-3-7-14)11-16-10-15-8-4-5-9-17(15)29-16/h1-10,18-24,29,31-33H,11-13,27-28H2,(H,30,34)/t18-,19?,20?,21-,22-,23?,24+/m0/s1. The summed E-state index contributed by atoms with van der Waals surface area (Å²) in [7, 11) is 0. The Hall–Kier alpha value is -3.32. The fourth-order valence-corrected chi connectivity index (χ4v) is 4.37. The number of nitrogens with two attached hydrogens (primary N) is 2. The van der Waals surface area contributed by atoms with Gasteiger partial charge in [0.05, 0.1) is 6.10 Å². The number of hydrogen-bond acceptors (Lipinski definition) is 9. The lowest BCUT2D eigenvalue weighted by molar-refractivity contribution is -0.223. The quantitative estimate of drug-likeness (QED) is 0.177. The van der Waals surface area contributed by atoms with Crippen LogP contribution in [0.15, 0.2) is 60.7 Å². The number of aromatic nitrogens is 1. The van der Waals surface area contributed by atoms with Crippen molar-refractivity contribution in [1.29, 1.82) is 0 Å². The van der Waals surface area contributed by atoms with Crippen molar-refractivity contribution in [2.45, 2.75) is 55.6 Å². The van der Waals surface area contributed by atoms with E-state index in [4.69, 9.17) is 20.9 Å². The summed E-state index contributed by atoms with van der Waals surface area (Å²) < 4.78 is 11.0. The van der Waals surface area contributed by atoms with Crippen LogP contribution < -0.4 is 16.8 Å². The van der Waals surface area contributed by atoms with Crippen LogP contribution in [0.4, 0.5) is 0 Å². The number of H-pyrrole nitrogens is 1. The summed E-state index contributed by atoms with van der Waals surface area (Å²) in [5.74, 6) is -1.48. The van der Waals surface area contributed by atoms with E-state index in [9.17, 15) is 24.9 Å². The molecule has 1 saturated heterocycles. The van der Waals surface area contributed by atoms with Crippen LogP contribution in [0, 0.1) is 0 Å². The zero-order valence-corrected chi connectivity index (χ0v) is 20.1. The van der Waals surface area contributed by atoms with E-state index in [0.29, 0.717) is 5.69 Å². The van der Waals surface area contributed by atoms with Crippen molar-refractivity contribution in [2.24, 2.45) is 11.5 Å². The Morgan fingerprint density at radius 2 is 1.73 bits per heavy atom. The minimum Gasteiger partial charge on any atom is -0.459 e. The average Bonchev–Trinajstić information content (AvgIpc) is 3.33. The zero-order valence-electron chi connectivity index (χ0n) is 20.1. The van der Waals surface area contributed by atoms with E-state index in [2.05, 4.69) is 10.3 Å². The number of carbonyl (C=O) groups is 2. The highest BCUT2D eigenvalue weighted by atomic mass is 16.5. The van der Waals surface area contributed by atoms with E-state index in [-0.39, 0.29) is 19.6 Å². The van der Waals surface area contributed by atoms with Crippen molar-refractivity contribution in [2.75, 3.05) is 6.54 Å². The SMILES string of the molecule is NCC1O[C@H](C(N)C(=O)N[C@@H](Cc2cc3ccccc3[nH]2)C(=O)OCc2ccccc2)C(O)[C@@H](O)[C@H]1O. The number of carbonyl (C=O) groups excluding carboxylic acids is 2. The third kappa shape index (κ3) is 6.16. The molecule has 11 nitrogen and oxygen atoms in total. The van der Waals surface area contributed by atoms with Gasteiger partial charge in [0, 0.05) is 24.2 Å². The number of rotatable bonds is 9. The minimum atomic E-state index is -1.64. The molecular weight excluding hydrogens is 480 g/mol. The number of aromatic amines is 1. The number of amides is 1. The predicted molar refractivity (Wildman–Crippen MR) is 134 cm³/mol. The molecule has 4 rings (SSSR count). The van der Waals surface area contributed by atoms with Gasteiger partial charge in [-0.25, -0.2) is 4.79 Å². The minimum absolute atomic E-state index is 0.0114. The summed E-state index contributed by atoms with van der Waals surface area (Å²) in [6.07, 6.45) is -6.99. The van der Waals surface area contributed by atoms with Crippen LogP contribution in [-0.2, 0) is 32.1 Å². The van der Waals surface area contributed by atoms with E-state index in [1.807, 2.05) is 60.7 Å². The van der Waals surface area contributed by atoms with Gasteiger partial charge in [-0.1, -0.05) is 48.5 Å². The van der Waals surface area contributed by atoms with E-state index < -0.39 is 54.5 Å². The van der Waals surface area contributed by atoms with E-state index in [1.54, 1.807) is 0 Å². The van der Waals surface area contributed by atoms with Crippen LogP contribution in [0.25, 0.3) is 10.9 Å². The zero-order chi connectivity index (χ0) is 26.5. The molecule has 2 aromatic carbocycles. The Morgan fingerprint density at radius 3 is 2.43 bits per heavy atom. The van der Waals surface area contributed by atoms with Crippen molar-refractivity contribution in [3.05, 3.63) is 71.9 Å². The lowest BCUT2D eigenvalue weighted by Crippen LogP contribution is -2.66. The van der Waals surface area contributed by atoms with Gasteiger partial charge in [-0.05, 0) is 23.1 Å². The maximum absolute atomic E-state index is 13.1. The summed E-state index contributed by atoms with van der Waals surface area (Å²) in [5, 5.41) is 34.1. The molecule has 0 radical (unpaired) electrons. The summed E-state index contributed by atoms with van der Waals surface area (Å²) in [6, 6.07) is 16.0. The highest BCUT2D eigenvalue weighted by Gasteiger charge is 2.47. The Labute approximate surface area is 213 Å². The fourth-order valence-electron chi connectivity index (χ4n) is 4.37. The maximum atomic E-state index is 13.1. The molecule has 0 bridgehead atoms. The molecule has 1 amide bonds. The van der Waals surface area contributed by atoms with Gasteiger partial charge >= 0.3 is 5.97 Å². The molecule has 0 saturated carbocycles. The molecule has 11 heteroatoms. The molecule has 0 aliphatic carbocycles. The third-order valence-electron chi connectivity index (χ3n) is 6.47. The van der Waals surface area contributed by atoms with Crippen LogP contribution in [0.5, 0.6) is 0 Å². The number of ether oxygens (including phenoxy) is 2. The topological polar surface area (TPSA) is 193 Å². The van der Waals surface area contributed by atoms with Crippen molar-refractivity contribution >= 4 is 22.8 Å². The van der Waals surface area contributed by atoms with Crippen LogP contribution >= 0.6 is 0 Å². The molecule has 1 aromatic heterocycles. The van der Waals surface area contributed by atoms with Crippen molar-refractivity contribution in [3.8, 4) is 0 Å². The molecule has 37 heavy (non-hydrogen) atoms. The highest BCUT2D eigenvalue weighted by molar-refractivity contribution is 5.88. The Morgan fingerprint density at radius 1 is 1.03 bits per heavy atom. The third-order valence-corrected chi connectivity index (χ3v) is 6.47. The van der Waals surface area contributed by atoms with Gasteiger partial charge in [0.2, 0.25) is 5.91 Å². The number of benzene rings is 2. The molecule has 0 spiro atoms.